The third kappa shape index (κ3) is 7.41. The molecule has 37 heavy (non-hydrogen) atoms. The Kier molecular flexibility index (Phi) is 8.15. The van der Waals surface area contributed by atoms with Gasteiger partial charge >= 0.3 is 5.97 Å². The van der Waals surface area contributed by atoms with Crippen LogP contribution in [-0.2, 0) is 19.1 Å². The van der Waals surface area contributed by atoms with Crippen molar-refractivity contribution in [2.24, 2.45) is 0 Å². The zero-order valence-corrected chi connectivity index (χ0v) is 20.7. The van der Waals surface area contributed by atoms with Crippen molar-refractivity contribution in [3.05, 3.63) is 96.1 Å². The van der Waals surface area contributed by atoms with E-state index in [9.17, 15) is 14.4 Å². The lowest BCUT2D eigenvalue weighted by atomic mass is 10.1. The summed E-state index contributed by atoms with van der Waals surface area (Å²) >= 11 is 0. The molecule has 0 bridgehead atoms. The number of amides is 2. The molecule has 0 fully saturated rings. The SMILES string of the molecule is Cc1cc(C)cc(Oc2ccc(NC(=O)CCC(=O)OCC(=O)Nc3cccc4ccccc34)cc2)c1. The number of fused-ring (bicyclic) bond motifs is 1. The fourth-order valence-electron chi connectivity index (χ4n) is 3.91. The maximum atomic E-state index is 12.2. The molecular weight excluding hydrogens is 468 g/mol. The van der Waals surface area contributed by atoms with Gasteiger partial charge in [-0.15, -0.1) is 0 Å². The van der Waals surface area contributed by atoms with Gasteiger partial charge in [0.05, 0.1) is 6.42 Å². The molecule has 0 spiro atoms. The number of aryl methyl sites for hydroxylation is 2. The summed E-state index contributed by atoms with van der Waals surface area (Å²) in [6, 6.07) is 26.2. The second kappa shape index (κ2) is 11.9. The fourth-order valence-corrected chi connectivity index (χ4v) is 3.91. The third-order valence-corrected chi connectivity index (χ3v) is 5.55. The molecule has 7 nitrogen and oxygen atoms in total. The maximum absolute atomic E-state index is 12.2. The van der Waals surface area contributed by atoms with Gasteiger partial charge in [0.1, 0.15) is 11.5 Å². The fraction of sp³-hybridized carbons (Fsp3) is 0.167. The summed E-state index contributed by atoms with van der Waals surface area (Å²) in [4.78, 5) is 36.5. The van der Waals surface area contributed by atoms with Crippen molar-refractivity contribution in [3.8, 4) is 11.5 Å². The minimum absolute atomic E-state index is 0.0649. The summed E-state index contributed by atoms with van der Waals surface area (Å²) in [5.41, 5.74) is 3.45. The number of anilines is 2. The summed E-state index contributed by atoms with van der Waals surface area (Å²) in [5, 5.41) is 7.38. The molecule has 2 amide bonds. The number of esters is 1. The van der Waals surface area contributed by atoms with Crippen LogP contribution in [-0.4, -0.2) is 24.4 Å². The van der Waals surface area contributed by atoms with Crippen LogP contribution >= 0.6 is 0 Å². The smallest absolute Gasteiger partial charge is 0.306 e. The molecule has 7 heteroatoms. The molecule has 4 aromatic carbocycles. The lowest BCUT2D eigenvalue weighted by Crippen LogP contribution is -2.22. The lowest BCUT2D eigenvalue weighted by molar-refractivity contribution is -0.147. The van der Waals surface area contributed by atoms with Crippen molar-refractivity contribution in [1.82, 2.24) is 0 Å². The first-order chi connectivity index (χ1) is 17.9. The van der Waals surface area contributed by atoms with Crippen LogP contribution in [0.3, 0.4) is 0 Å². The lowest BCUT2D eigenvalue weighted by Gasteiger charge is -2.10. The van der Waals surface area contributed by atoms with Gasteiger partial charge < -0.3 is 20.1 Å². The van der Waals surface area contributed by atoms with E-state index in [0.717, 1.165) is 27.6 Å². The Bertz CT molecular complexity index is 1400. The van der Waals surface area contributed by atoms with E-state index in [1.54, 1.807) is 30.3 Å². The molecule has 0 aliphatic carbocycles. The number of carbonyl (C=O) groups is 3. The maximum Gasteiger partial charge on any atom is 0.306 e. The topological polar surface area (TPSA) is 93.7 Å². The molecule has 0 aromatic heterocycles. The van der Waals surface area contributed by atoms with E-state index < -0.39 is 18.5 Å². The van der Waals surface area contributed by atoms with Crippen molar-refractivity contribution in [1.29, 1.82) is 0 Å². The normalized spacial score (nSPS) is 10.5. The summed E-state index contributed by atoms with van der Waals surface area (Å²) in [7, 11) is 0. The number of hydrogen-bond donors (Lipinski definition) is 2. The van der Waals surface area contributed by atoms with Crippen LogP contribution in [0.4, 0.5) is 11.4 Å². The Balaban J connectivity index is 1.19. The molecule has 188 valence electrons. The zero-order valence-electron chi connectivity index (χ0n) is 20.7. The minimum Gasteiger partial charge on any atom is -0.457 e. The molecule has 4 aromatic rings. The molecule has 2 N–H and O–H groups in total. The standard InChI is InChI=1S/C30H28N2O5/c1-20-16-21(2)18-25(17-20)37-24-12-10-23(11-13-24)31-28(33)14-15-30(35)36-19-29(34)32-27-9-5-7-22-6-3-4-8-26(22)27/h3-13,16-18H,14-15,19H2,1-2H3,(H,31,33)(H,32,34). The van der Waals surface area contributed by atoms with Crippen molar-refractivity contribution in [2.45, 2.75) is 26.7 Å². The average molecular weight is 497 g/mol. The van der Waals surface area contributed by atoms with Gasteiger partial charge in [0.15, 0.2) is 6.61 Å². The van der Waals surface area contributed by atoms with Gasteiger partial charge in [-0.1, -0.05) is 42.5 Å². The molecule has 0 aliphatic rings. The Morgan fingerprint density at radius 3 is 2.16 bits per heavy atom. The number of ether oxygens (including phenoxy) is 2. The van der Waals surface area contributed by atoms with Gasteiger partial charge in [0.2, 0.25) is 5.91 Å². The molecule has 0 atom stereocenters. The summed E-state index contributed by atoms with van der Waals surface area (Å²) in [6.07, 6.45) is -0.202. The van der Waals surface area contributed by atoms with E-state index in [2.05, 4.69) is 16.7 Å². The average Bonchev–Trinajstić information content (AvgIpc) is 2.87. The van der Waals surface area contributed by atoms with Crippen molar-refractivity contribution >= 4 is 39.9 Å². The summed E-state index contributed by atoms with van der Waals surface area (Å²) in [6.45, 7) is 3.59. The Morgan fingerprint density at radius 1 is 0.703 bits per heavy atom. The quantitative estimate of drug-likeness (QED) is 0.271. The van der Waals surface area contributed by atoms with Crippen molar-refractivity contribution < 1.29 is 23.9 Å². The van der Waals surface area contributed by atoms with E-state index in [4.69, 9.17) is 9.47 Å². The number of nitrogens with one attached hydrogen (secondary N) is 2. The van der Waals surface area contributed by atoms with Crippen molar-refractivity contribution in [3.63, 3.8) is 0 Å². The molecule has 0 aliphatic heterocycles. The van der Waals surface area contributed by atoms with Gasteiger partial charge in [-0.3, -0.25) is 14.4 Å². The molecule has 0 heterocycles. The van der Waals surface area contributed by atoms with Gasteiger partial charge in [0, 0.05) is 23.2 Å². The Morgan fingerprint density at radius 2 is 1.41 bits per heavy atom. The van der Waals surface area contributed by atoms with Crippen LogP contribution in [0.15, 0.2) is 84.9 Å². The highest BCUT2D eigenvalue weighted by atomic mass is 16.5. The van der Waals surface area contributed by atoms with Crippen molar-refractivity contribution in [2.75, 3.05) is 17.2 Å². The minimum atomic E-state index is -0.625. The summed E-state index contributed by atoms with van der Waals surface area (Å²) in [5.74, 6) is -0.00945. The van der Waals surface area contributed by atoms with Crippen LogP contribution in [0, 0.1) is 13.8 Å². The molecule has 0 saturated carbocycles. The van der Waals surface area contributed by atoms with E-state index in [1.165, 1.54) is 0 Å². The number of hydrogen-bond acceptors (Lipinski definition) is 5. The molecule has 0 unspecified atom stereocenters. The van der Waals surface area contributed by atoms with E-state index >= 15 is 0 Å². The monoisotopic (exact) mass is 496 g/mol. The highest BCUT2D eigenvalue weighted by molar-refractivity contribution is 6.02. The van der Waals surface area contributed by atoms with E-state index in [0.29, 0.717) is 17.1 Å². The largest absolute Gasteiger partial charge is 0.457 e. The molecular formula is C30H28N2O5. The molecule has 4 rings (SSSR count). The number of rotatable bonds is 9. The Labute approximate surface area is 215 Å². The highest BCUT2D eigenvalue weighted by Gasteiger charge is 2.12. The zero-order chi connectivity index (χ0) is 26.2. The first kappa shape index (κ1) is 25.4. The van der Waals surface area contributed by atoms with Gasteiger partial charge in [-0.25, -0.2) is 0 Å². The van der Waals surface area contributed by atoms with Crippen LogP contribution < -0.4 is 15.4 Å². The van der Waals surface area contributed by atoms with Gasteiger partial charge in [-0.05, 0) is 72.8 Å². The van der Waals surface area contributed by atoms with Gasteiger partial charge in [0.25, 0.3) is 5.91 Å². The van der Waals surface area contributed by atoms with Crippen LogP contribution in [0.5, 0.6) is 11.5 Å². The third-order valence-electron chi connectivity index (χ3n) is 5.55. The van der Waals surface area contributed by atoms with E-state index in [1.807, 2.05) is 62.4 Å². The number of benzene rings is 4. The van der Waals surface area contributed by atoms with Crippen LogP contribution in [0.2, 0.25) is 0 Å². The van der Waals surface area contributed by atoms with Crippen LogP contribution in [0.25, 0.3) is 10.8 Å². The number of carbonyl (C=O) groups excluding carboxylic acids is 3. The van der Waals surface area contributed by atoms with Crippen LogP contribution in [0.1, 0.15) is 24.0 Å². The summed E-state index contributed by atoms with van der Waals surface area (Å²) < 4.78 is 10.9. The first-order valence-corrected chi connectivity index (χ1v) is 11.9. The predicted molar refractivity (Wildman–Crippen MR) is 144 cm³/mol. The predicted octanol–water partition coefficient (Wildman–Crippen LogP) is 6.15. The molecule has 0 radical (unpaired) electrons. The molecule has 0 saturated heterocycles. The first-order valence-electron chi connectivity index (χ1n) is 11.9. The van der Waals surface area contributed by atoms with Gasteiger partial charge in [-0.2, -0.15) is 0 Å². The Hall–Kier alpha value is -4.65. The van der Waals surface area contributed by atoms with E-state index in [-0.39, 0.29) is 18.7 Å². The second-order valence-electron chi connectivity index (χ2n) is 8.73. The highest BCUT2D eigenvalue weighted by Crippen LogP contribution is 2.25. The second-order valence-corrected chi connectivity index (χ2v) is 8.73.